The highest BCUT2D eigenvalue weighted by atomic mass is 16.1. The summed E-state index contributed by atoms with van der Waals surface area (Å²) in [6, 6.07) is 3.61. The minimum absolute atomic E-state index is 0.215. The van der Waals surface area contributed by atoms with E-state index in [1.54, 1.807) is 33.9 Å². The first-order chi connectivity index (χ1) is 8.66. The summed E-state index contributed by atoms with van der Waals surface area (Å²) in [5.74, 6) is -0.593. The first-order valence-electron chi connectivity index (χ1n) is 5.23. The molecule has 0 aliphatic carbocycles. The van der Waals surface area contributed by atoms with Crippen molar-refractivity contribution in [1.82, 2.24) is 19.4 Å². The Kier molecular flexibility index (Phi) is 2.06. The van der Waals surface area contributed by atoms with E-state index in [4.69, 9.17) is 11.5 Å². The van der Waals surface area contributed by atoms with Crippen molar-refractivity contribution >= 4 is 17.1 Å². The van der Waals surface area contributed by atoms with Gasteiger partial charge in [0.05, 0.1) is 34.8 Å². The molecule has 0 bridgehead atoms. The normalized spacial score (nSPS) is 10.9. The van der Waals surface area contributed by atoms with E-state index < -0.39 is 5.91 Å². The number of rotatable bonds is 2. The molecule has 0 radical (unpaired) electrons. The Hall–Kier alpha value is -2.83. The molecule has 4 N–H and O–H groups in total. The number of amides is 1. The lowest BCUT2D eigenvalue weighted by atomic mass is 10.2. The Labute approximate surface area is 102 Å². The molecule has 0 fully saturated rings. The number of hydrogen-bond donors (Lipinski definition) is 2. The molecule has 0 saturated heterocycles. The van der Waals surface area contributed by atoms with Gasteiger partial charge in [-0.15, -0.1) is 0 Å². The summed E-state index contributed by atoms with van der Waals surface area (Å²) >= 11 is 0. The van der Waals surface area contributed by atoms with E-state index in [1.807, 2.05) is 6.07 Å². The first-order valence-corrected chi connectivity index (χ1v) is 5.23. The lowest BCUT2D eigenvalue weighted by Gasteiger charge is -2.02. The smallest absolute Gasteiger partial charge is 0.252 e. The topological polar surface area (TPSA) is 104 Å². The third-order valence-electron chi connectivity index (χ3n) is 2.70. The molecule has 3 aromatic heterocycles. The second kappa shape index (κ2) is 3.59. The molecule has 0 aromatic carbocycles. The van der Waals surface area contributed by atoms with Crippen LogP contribution >= 0.6 is 0 Å². The molecule has 1 amide bonds. The van der Waals surface area contributed by atoms with E-state index in [1.165, 1.54) is 6.20 Å². The quantitative estimate of drug-likeness (QED) is 0.669. The number of carbonyl (C=O) groups excluding carboxylic acids is 1. The maximum atomic E-state index is 11.2. The monoisotopic (exact) mass is 242 g/mol. The Morgan fingerprint density at radius 1 is 1.33 bits per heavy atom. The van der Waals surface area contributed by atoms with Gasteiger partial charge in [0, 0.05) is 12.4 Å². The molecular formula is C11H10N6O. The molecule has 0 aliphatic heterocycles. The molecule has 18 heavy (non-hydrogen) atoms. The summed E-state index contributed by atoms with van der Waals surface area (Å²) in [5.41, 5.74) is 13.1. The molecule has 3 rings (SSSR count). The number of anilines is 1. The van der Waals surface area contributed by atoms with Gasteiger partial charge in [-0.3, -0.25) is 4.79 Å². The molecule has 0 saturated carbocycles. The summed E-state index contributed by atoms with van der Waals surface area (Å²) in [4.78, 5) is 11.2. The molecule has 0 spiro atoms. The standard InChI is InChI=1S/C11H10N6O/c12-10-8(11(13)18)5-15-17-6-7(4-9(10)17)16-3-1-2-14-16/h1-6H,12H2,(H2,13,18). The van der Waals surface area contributed by atoms with Gasteiger partial charge in [0.15, 0.2) is 0 Å². The van der Waals surface area contributed by atoms with Crippen LogP contribution in [0.15, 0.2) is 36.9 Å². The van der Waals surface area contributed by atoms with Gasteiger partial charge in [-0.2, -0.15) is 10.2 Å². The van der Waals surface area contributed by atoms with Crippen LogP contribution in [0.25, 0.3) is 11.2 Å². The van der Waals surface area contributed by atoms with Crippen LogP contribution in [0.4, 0.5) is 5.69 Å². The molecule has 90 valence electrons. The highest BCUT2D eigenvalue weighted by Crippen LogP contribution is 2.21. The van der Waals surface area contributed by atoms with Gasteiger partial charge in [0.1, 0.15) is 0 Å². The van der Waals surface area contributed by atoms with Crippen molar-refractivity contribution in [3.63, 3.8) is 0 Å². The molecular weight excluding hydrogens is 232 g/mol. The zero-order chi connectivity index (χ0) is 12.7. The van der Waals surface area contributed by atoms with Gasteiger partial charge < -0.3 is 11.5 Å². The van der Waals surface area contributed by atoms with Gasteiger partial charge in [-0.05, 0) is 12.1 Å². The van der Waals surface area contributed by atoms with Gasteiger partial charge in [0.25, 0.3) is 5.91 Å². The molecule has 0 unspecified atom stereocenters. The lowest BCUT2D eigenvalue weighted by molar-refractivity contribution is 0.100. The van der Waals surface area contributed by atoms with Gasteiger partial charge in [0.2, 0.25) is 0 Å². The van der Waals surface area contributed by atoms with Crippen molar-refractivity contribution in [3.8, 4) is 5.69 Å². The van der Waals surface area contributed by atoms with Crippen LogP contribution in [0, 0.1) is 0 Å². The zero-order valence-electron chi connectivity index (χ0n) is 9.32. The second-order valence-electron chi connectivity index (χ2n) is 3.81. The third kappa shape index (κ3) is 1.41. The number of nitrogens with zero attached hydrogens (tertiary/aromatic N) is 4. The molecule has 7 nitrogen and oxygen atoms in total. The maximum Gasteiger partial charge on any atom is 0.252 e. The van der Waals surface area contributed by atoms with Crippen molar-refractivity contribution in [2.75, 3.05) is 5.73 Å². The van der Waals surface area contributed by atoms with Crippen molar-refractivity contribution < 1.29 is 4.79 Å². The summed E-state index contributed by atoms with van der Waals surface area (Å²) in [5, 5.41) is 8.20. The molecule has 0 aliphatic rings. The van der Waals surface area contributed by atoms with E-state index in [9.17, 15) is 4.79 Å². The molecule has 7 heteroatoms. The number of nitrogens with two attached hydrogens (primary N) is 2. The molecule has 3 heterocycles. The van der Waals surface area contributed by atoms with Gasteiger partial charge in [-0.25, -0.2) is 9.20 Å². The Balaban J connectivity index is 2.24. The SMILES string of the molecule is NC(=O)c1cnn2cc(-n3cccn3)cc2c1N. The number of carbonyl (C=O) groups is 1. The van der Waals surface area contributed by atoms with Crippen LogP contribution < -0.4 is 11.5 Å². The fourth-order valence-electron chi connectivity index (χ4n) is 1.81. The third-order valence-corrected chi connectivity index (χ3v) is 2.70. The minimum Gasteiger partial charge on any atom is -0.396 e. The fourth-order valence-corrected chi connectivity index (χ4v) is 1.81. The molecule has 0 atom stereocenters. The fraction of sp³-hybridized carbons (Fsp3) is 0. The van der Waals surface area contributed by atoms with Crippen LogP contribution in [0.1, 0.15) is 10.4 Å². The number of fused-ring (bicyclic) bond motifs is 1. The van der Waals surface area contributed by atoms with E-state index in [-0.39, 0.29) is 5.56 Å². The molecule has 3 aromatic rings. The predicted molar refractivity (Wildman–Crippen MR) is 65.2 cm³/mol. The van der Waals surface area contributed by atoms with E-state index in [0.717, 1.165) is 5.69 Å². The number of nitrogen functional groups attached to an aromatic ring is 1. The average molecular weight is 242 g/mol. The van der Waals surface area contributed by atoms with E-state index >= 15 is 0 Å². The van der Waals surface area contributed by atoms with Gasteiger partial charge >= 0.3 is 0 Å². The first kappa shape index (κ1) is 10.3. The Morgan fingerprint density at radius 3 is 2.83 bits per heavy atom. The largest absolute Gasteiger partial charge is 0.396 e. The average Bonchev–Trinajstić information content (AvgIpc) is 2.97. The van der Waals surface area contributed by atoms with Crippen molar-refractivity contribution in [2.24, 2.45) is 5.73 Å². The summed E-state index contributed by atoms with van der Waals surface area (Å²) in [7, 11) is 0. The lowest BCUT2D eigenvalue weighted by Crippen LogP contribution is -2.15. The van der Waals surface area contributed by atoms with Crippen LogP contribution in [-0.4, -0.2) is 25.3 Å². The van der Waals surface area contributed by atoms with Crippen molar-refractivity contribution in [1.29, 1.82) is 0 Å². The van der Waals surface area contributed by atoms with Crippen molar-refractivity contribution in [2.45, 2.75) is 0 Å². The minimum atomic E-state index is -0.593. The van der Waals surface area contributed by atoms with Crippen LogP contribution in [-0.2, 0) is 0 Å². The zero-order valence-corrected chi connectivity index (χ0v) is 9.32. The van der Waals surface area contributed by atoms with Crippen LogP contribution in [0.2, 0.25) is 0 Å². The predicted octanol–water partition coefficient (Wildman–Crippen LogP) is 0.201. The van der Waals surface area contributed by atoms with E-state index in [0.29, 0.717) is 11.2 Å². The number of hydrogen-bond acceptors (Lipinski definition) is 4. The van der Waals surface area contributed by atoms with Crippen LogP contribution in [0.3, 0.4) is 0 Å². The highest BCUT2D eigenvalue weighted by Gasteiger charge is 2.12. The van der Waals surface area contributed by atoms with Crippen LogP contribution in [0.5, 0.6) is 0 Å². The van der Waals surface area contributed by atoms with Crippen molar-refractivity contribution in [3.05, 3.63) is 42.5 Å². The Bertz CT molecular complexity index is 727. The van der Waals surface area contributed by atoms with E-state index in [2.05, 4.69) is 10.2 Å². The Morgan fingerprint density at radius 2 is 2.17 bits per heavy atom. The highest BCUT2D eigenvalue weighted by molar-refractivity contribution is 6.01. The maximum absolute atomic E-state index is 11.2. The summed E-state index contributed by atoms with van der Waals surface area (Å²) < 4.78 is 3.26. The summed E-state index contributed by atoms with van der Waals surface area (Å²) in [6.45, 7) is 0. The second-order valence-corrected chi connectivity index (χ2v) is 3.81. The number of primary amides is 1. The number of aromatic nitrogens is 4. The summed E-state index contributed by atoms with van der Waals surface area (Å²) in [6.07, 6.45) is 6.61. The van der Waals surface area contributed by atoms with Gasteiger partial charge in [-0.1, -0.05) is 0 Å².